The smallest absolute Gasteiger partial charge is 0.117 e. The first-order valence-electron chi connectivity index (χ1n) is 55.6. The first kappa shape index (κ1) is 135. The normalized spacial score (nSPS) is 39.6. The molecule has 1 aromatic carbocycles. The molecular weight excluding hydrogens is 1800 g/mol. The Kier molecular flexibility index (Phi) is 60.4. The van der Waals surface area contributed by atoms with Crippen molar-refractivity contribution in [3.8, 4) is 0 Å². The van der Waals surface area contributed by atoms with Crippen LogP contribution in [0.5, 0.6) is 0 Å². The Morgan fingerprint density at radius 3 is 0.688 bits per heavy atom. The second-order valence-electron chi connectivity index (χ2n) is 50.8. The Hall–Kier alpha value is -1.82. The van der Waals surface area contributed by atoms with Crippen molar-refractivity contribution in [2.75, 3.05) is 26.4 Å². The lowest BCUT2D eigenvalue weighted by molar-refractivity contribution is -0.0755. The van der Waals surface area contributed by atoms with Crippen LogP contribution < -0.4 is 0 Å². The van der Waals surface area contributed by atoms with Gasteiger partial charge in [0.1, 0.15) is 91.6 Å². The lowest BCUT2D eigenvalue weighted by Gasteiger charge is -2.39. The zero-order valence-electron chi connectivity index (χ0n) is 94.7. The van der Waals surface area contributed by atoms with Crippen LogP contribution in [0.3, 0.4) is 0 Å². The summed E-state index contributed by atoms with van der Waals surface area (Å²) in [5, 5.41) is 200. The molecule has 0 radical (unpaired) electrons. The fraction of sp³-hybridized carbons (Fsp3) is 0.948. The number of hydrogen-bond donors (Lipinski definition) is 21. The van der Waals surface area contributed by atoms with Crippen molar-refractivity contribution in [3.63, 3.8) is 0 Å². The van der Waals surface area contributed by atoms with E-state index in [4.69, 9.17) is 44.1 Å². The van der Waals surface area contributed by atoms with E-state index in [1.165, 1.54) is 103 Å². The molecule has 5 aliphatic heterocycles. The third kappa shape index (κ3) is 45.9. The van der Waals surface area contributed by atoms with Gasteiger partial charge in [-0.3, -0.25) is 0 Å². The van der Waals surface area contributed by atoms with Gasteiger partial charge in [-0.05, 0) is 289 Å². The van der Waals surface area contributed by atoms with Crippen LogP contribution in [-0.4, -0.2) is 289 Å². The molecule has 141 heavy (non-hydrogen) atoms. The second-order valence-corrected chi connectivity index (χ2v) is 50.8. The SMILES string of the molecule is CC(C)C1CCCC(C)(O)C1.CC(C)C1CCCCC1(C)O.CC(C)[C@@H]1CCCC[C@@]1(C)O.CC(C)[C@@H]1CCC[C@@](C)(O)C1.CC(C)[C@@H]1CC[C@@](C)(O)C1.CC(C)[C@@H]1OC[C@@H](O)[C@H]1O.CC(C)[C@@H]1O[C@H](CO)[C@@H](O)[C@H]1O.CC(C)[C@@H]1O[C@H](CO)[C@@H](O)[C@H]1O.CC(C)[C@@H]1O[C@H](CO)[C@@H](O)[C@H]1O.CC(C)[C@H]1CCCC[C@@]1(C)O.CC(C)[C@H]1CCC[C@@](C)(O)C1.Cc1ccc([C@@H](O)[C@H]2O[C@@H](C(C)C)[C@H](O)[C@@H]2O)cc1. The monoisotopic (exact) mass is 2020 g/mol. The zero-order valence-corrected chi connectivity index (χ0v) is 94.7. The van der Waals surface area contributed by atoms with E-state index in [1.807, 2.05) is 149 Å². The summed E-state index contributed by atoms with van der Waals surface area (Å²) < 4.78 is 26.5. The average Bonchev–Trinajstić information content (AvgIpc) is 1.66. The lowest BCUT2D eigenvalue weighted by atomic mass is 9.71. The number of hydrogen-bond acceptors (Lipinski definition) is 26. The maximum atomic E-state index is 10.3. The minimum Gasteiger partial charge on any atom is -0.394 e. The van der Waals surface area contributed by atoms with Crippen LogP contribution in [0, 0.1) is 119 Å². The summed E-state index contributed by atoms with van der Waals surface area (Å²) >= 11 is 0. The lowest BCUT2D eigenvalue weighted by Crippen LogP contribution is -2.40. The van der Waals surface area contributed by atoms with Crippen LogP contribution in [0.15, 0.2) is 24.3 Å². The molecule has 13 rings (SSSR count). The molecule has 5 heterocycles. The number of aliphatic hydroxyl groups excluding tert-OH is 14. The number of ether oxygens (including phenoxy) is 5. The van der Waals surface area contributed by atoms with Gasteiger partial charge in [-0.1, -0.05) is 254 Å². The zero-order chi connectivity index (χ0) is 108. The van der Waals surface area contributed by atoms with Gasteiger partial charge in [0.05, 0.1) is 96.2 Å². The largest absolute Gasteiger partial charge is 0.394 e. The molecule has 4 unspecified atom stereocenters. The van der Waals surface area contributed by atoms with Gasteiger partial charge in [-0.15, -0.1) is 0 Å². The van der Waals surface area contributed by atoms with Crippen LogP contribution in [-0.2, 0) is 23.7 Å². The summed E-state index contributed by atoms with van der Waals surface area (Å²) in [6.07, 6.45) is 16.7. The third-order valence-electron chi connectivity index (χ3n) is 32.9. The minimum absolute atomic E-state index is 0.0832. The van der Waals surface area contributed by atoms with E-state index >= 15 is 0 Å². The van der Waals surface area contributed by atoms with Gasteiger partial charge in [0.25, 0.3) is 0 Å². The third-order valence-corrected chi connectivity index (χ3v) is 32.9. The van der Waals surface area contributed by atoms with E-state index in [2.05, 4.69) is 96.9 Å². The van der Waals surface area contributed by atoms with Gasteiger partial charge in [0.2, 0.25) is 0 Å². The van der Waals surface area contributed by atoms with Gasteiger partial charge in [0.15, 0.2) is 0 Å². The highest BCUT2D eigenvalue weighted by atomic mass is 16.6. The topological polar surface area (TPSA) is 471 Å². The molecule has 34 atom stereocenters. The summed E-state index contributed by atoms with van der Waals surface area (Å²) in [5.74, 6) is 10.2. The standard InChI is InChI=1S/C15H22O4.6C10H20O.C9H18O.3C8H16O4.C7H14O3/c1-8(2)14-12(17)13(18)15(19-14)11(16)10-6-4-9(3)5-7-10;3*1-8(2)9-5-4-6-10(3,11)7-9;3*1-8(2)9-6-4-5-7-10(9,3)11;1-7(2)8-4-5-9(3,10)6-8;3*1-4(2)8-7(11)6(10)5(3-9)12-8;1-4(2)7-6(9)5(8)3-10-7/h4-8,11-18H,1-3H3;6*8-9,11H,4-7H2,1-3H3;7-8,10H,4-6H2,1-3H3;3*4-11H,3H2,1-2H3;4-9H,3H2,1-2H3/t11-,12-,13+,14+,15-;9-,10+;9-,10-;;9-,10+;9-,10-;;8-,9-;3*5-,6-,7-,8+;5-,6-,7+/m101.01.11111/s1. The molecule has 0 aromatic heterocycles. The van der Waals surface area contributed by atoms with Crippen LogP contribution >= 0.6 is 0 Å². The summed E-state index contributed by atoms with van der Waals surface area (Å²) in [7, 11) is 0. The van der Waals surface area contributed by atoms with Gasteiger partial charge < -0.3 is 131 Å². The average molecular weight is 2020 g/mol. The van der Waals surface area contributed by atoms with Crippen LogP contribution in [0.1, 0.15) is 405 Å². The van der Waals surface area contributed by atoms with Gasteiger partial charge in [-0.25, -0.2) is 0 Å². The first-order valence-corrected chi connectivity index (χ1v) is 55.6. The summed E-state index contributed by atoms with van der Waals surface area (Å²) in [6, 6.07) is 7.42. The number of aliphatic hydroxyl groups is 21. The number of benzene rings is 1. The predicted molar refractivity (Wildman–Crippen MR) is 563 cm³/mol. The fourth-order valence-electron chi connectivity index (χ4n) is 23.4. The van der Waals surface area contributed by atoms with E-state index in [0.29, 0.717) is 41.1 Å². The van der Waals surface area contributed by atoms with Crippen molar-refractivity contribution >= 4 is 0 Å². The van der Waals surface area contributed by atoms with Crippen molar-refractivity contribution < 1.29 is 131 Å². The molecule has 5 saturated heterocycles. The van der Waals surface area contributed by atoms with Crippen LogP contribution in [0.2, 0.25) is 0 Å². The van der Waals surface area contributed by atoms with Crippen molar-refractivity contribution in [3.05, 3.63) is 35.4 Å². The highest BCUT2D eigenvalue weighted by Gasteiger charge is 2.50. The van der Waals surface area contributed by atoms with E-state index in [0.717, 1.165) is 124 Å². The molecule has 21 N–H and O–H groups in total. The Labute approximate surface area is 856 Å². The maximum Gasteiger partial charge on any atom is 0.117 e. The van der Waals surface area contributed by atoms with Crippen molar-refractivity contribution in [1.82, 2.24) is 0 Å². The summed E-state index contributed by atoms with van der Waals surface area (Å²) in [4.78, 5) is 0. The number of aryl methyl sites for hydroxylation is 1. The quantitative estimate of drug-likeness (QED) is 0.0689. The Morgan fingerprint density at radius 2 is 0.518 bits per heavy atom. The maximum absolute atomic E-state index is 10.3. The Bertz CT molecular complexity index is 3140. The highest BCUT2D eigenvalue weighted by molar-refractivity contribution is 5.25. The van der Waals surface area contributed by atoms with E-state index in [9.17, 15) is 86.8 Å². The van der Waals surface area contributed by atoms with Gasteiger partial charge in [0, 0.05) is 0 Å². The van der Waals surface area contributed by atoms with Crippen molar-refractivity contribution in [2.45, 2.75) is 556 Å². The van der Waals surface area contributed by atoms with E-state index < -0.39 is 97.7 Å². The van der Waals surface area contributed by atoms with E-state index in [1.54, 1.807) is 0 Å². The van der Waals surface area contributed by atoms with Gasteiger partial charge >= 0.3 is 0 Å². The number of rotatable bonds is 17. The fourth-order valence-corrected chi connectivity index (χ4v) is 23.4. The molecule has 838 valence electrons. The molecule has 7 aliphatic carbocycles. The van der Waals surface area contributed by atoms with Crippen LogP contribution in [0.4, 0.5) is 0 Å². The molecule has 12 fully saturated rings. The second kappa shape index (κ2) is 63.0. The van der Waals surface area contributed by atoms with Crippen molar-refractivity contribution in [2.24, 2.45) is 112 Å². The first-order chi connectivity index (χ1) is 64.9. The summed E-state index contributed by atoms with van der Waals surface area (Å²) in [5.41, 5.74) is -0.816. The minimum atomic E-state index is -1.07. The molecular formula is C115H222O26. The summed E-state index contributed by atoms with van der Waals surface area (Å²) in [6.45, 7) is 65.8. The molecule has 12 aliphatic rings. The predicted octanol–water partition coefficient (Wildman–Crippen LogP) is 16.0. The molecule has 26 heteroatoms. The molecule has 1 aromatic rings. The van der Waals surface area contributed by atoms with Crippen LogP contribution in [0.25, 0.3) is 0 Å². The van der Waals surface area contributed by atoms with Crippen molar-refractivity contribution in [1.29, 1.82) is 0 Å². The molecule has 26 nitrogen and oxygen atoms in total. The van der Waals surface area contributed by atoms with E-state index in [-0.39, 0.29) is 120 Å². The van der Waals surface area contributed by atoms with Gasteiger partial charge in [-0.2, -0.15) is 0 Å². The Morgan fingerprint density at radius 1 is 0.270 bits per heavy atom. The molecule has 0 amide bonds. The molecule has 0 bridgehead atoms. The Balaban J connectivity index is 0.000000522. The molecule has 0 spiro atoms. The molecule has 7 saturated carbocycles. The highest BCUT2D eigenvalue weighted by Crippen LogP contribution is 2.45.